The van der Waals surface area contributed by atoms with Gasteiger partial charge in [0.05, 0.1) is 6.61 Å². The predicted octanol–water partition coefficient (Wildman–Crippen LogP) is 2.07. The quantitative estimate of drug-likeness (QED) is 0.639. The van der Waals surface area contributed by atoms with E-state index in [-0.39, 0.29) is 10.6 Å². The van der Waals surface area contributed by atoms with E-state index in [1.807, 2.05) is 0 Å². The Bertz CT molecular complexity index is 254. The van der Waals surface area contributed by atoms with Gasteiger partial charge in [0.1, 0.15) is 5.56 Å². The second-order valence-corrected chi connectivity index (χ2v) is 2.72. The Morgan fingerprint density at radius 2 is 2.45 bits per heavy atom. The van der Waals surface area contributed by atoms with Gasteiger partial charge in [0.15, 0.2) is 0 Å². The first-order valence-electron chi connectivity index (χ1n) is 3.17. The van der Waals surface area contributed by atoms with Crippen LogP contribution in [0, 0.1) is 0 Å². The van der Waals surface area contributed by atoms with Crippen LogP contribution in [0.25, 0.3) is 0 Å². The standard InChI is InChI=1S/C7H7O3S/c1-2-10-6(8)5-3-4-11-7(5)9/h3-4H,2H2,1H3. The molecule has 0 aliphatic heterocycles. The molecule has 11 heavy (non-hydrogen) atoms. The number of carbonyl (C=O) groups excluding carboxylic acids is 1. The normalized spacial score (nSPS) is 9.55. The molecule has 0 bridgehead atoms. The average Bonchev–Trinajstić information content (AvgIpc) is 2.36. The number of hydrogen-bond acceptors (Lipinski definition) is 3. The topological polar surface area (TPSA) is 46.2 Å². The van der Waals surface area contributed by atoms with Crippen molar-refractivity contribution in [3.63, 3.8) is 0 Å². The molecule has 1 aromatic rings. The van der Waals surface area contributed by atoms with Crippen LogP contribution < -0.4 is 0 Å². The lowest BCUT2D eigenvalue weighted by molar-refractivity contribution is 0.0522. The van der Waals surface area contributed by atoms with Crippen molar-refractivity contribution in [3.05, 3.63) is 17.0 Å². The molecule has 0 saturated carbocycles. The van der Waals surface area contributed by atoms with Crippen molar-refractivity contribution in [2.45, 2.75) is 6.92 Å². The van der Waals surface area contributed by atoms with E-state index in [0.29, 0.717) is 6.61 Å². The van der Waals surface area contributed by atoms with Gasteiger partial charge in [-0.1, -0.05) is 0 Å². The summed E-state index contributed by atoms with van der Waals surface area (Å²) in [4.78, 5) is 10.9. The summed E-state index contributed by atoms with van der Waals surface area (Å²) in [6.07, 6.45) is 0. The molecule has 0 amide bonds. The van der Waals surface area contributed by atoms with Gasteiger partial charge in [-0.3, -0.25) is 5.11 Å². The molecule has 0 fully saturated rings. The molecule has 4 heteroatoms. The summed E-state index contributed by atoms with van der Waals surface area (Å²) in [6.45, 7) is 2.00. The molecule has 0 saturated heterocycles. The summed E-state index contributed by atoms with van der Waals surface area (Å²) in [5.74, 6) is -0.529. The smallest absolute Gasteiger partial charge is 0.343 e. The number of ether oxygens (including phenoxy) is 1. The van der Waals surface area contributed by atoms with E-state index in [1.165, 1.54) is 6.07 Å². The molecular weight excluding hydrogens is 164 g/mol. The Morgan fingerprint density at radius 1 is 1.73 bits per heavy atom. The van der Waals surface area contributed by atoms with Crippen LogP contribution in [0.4, 0.5) is 0 Å². The molecule has 0 unspecified atom stereocenters. The molecule has 1 rings (SSSR count). The fourth-order valence-electron chi connectivity index (χ4n) is 0.656. The minimum absolute atomic E-state index is 0.136. The second kappa shape index (κ2) is 3.39. The predicted molar refractivity (Wildman–Crippen MR) is 40.4 cm³/mol. The van der Waals surface area contributed by atoms with Crippen LogP contribution >= 0.6 is 11.3 Å². The van der Waals surface area contributed by atoms with E-state index in [4.69, 9.17) is 0 Å². The lowest BCUT2D eigenvalue weighted by atomic mass is 10.3. The largest absolute Gasteiger partial charge is 0.462 e. The minimum atomic E-state index is -0.529. The maximum atomic E-state index is 10.9. The Balaban J connectivity index is 2.76. The van der Waals surface area contributed by atoms with Crippen LogP contribution in [-0.2, 0) is 9.84 Å². The lowest BCUT2D eigenvalue weighted by Crippen LogP contribution is -2.02. The summed E-state index contributed by atoms with van der Waals surface area (Å²) >= 11 is 1.00. The Morgan fingerprint density at radius 3 is 2.91 bits per heavy atom. The van der Waals surface area contributed by atoms with Gasteiger partial charge in [-0.25, -0.2) is 4.79 Å². The van der Waals surface area contributed by atoms with E-state index in [1.54, 1.807) is 12.3 Å². The van der Waals surface area contributed by atoms with Gasteiger partial charge in [0, 0.05) is 0 Å². The highest BCUT2D eigenvalue weighted by atomic mass is 32.1. The van der Waals surface area contributed by atoms with Crippen LogP contribution in [0.2, 0.25) is 0 Å². The van der Waals surface area contributed by atoms with Gasteiger partial charge in [0.25, 0.3) is 0 Å². The molecule has 3 nitrogen and oxygen atoms in total. The third-order valence-electron chi connectivity index (χ3n) is 1.13. The van der Waals surface area contributed by atoms with Crippen LogP contribution in [0.5, 0.6) is 5.06 Å². The zero-order valence-corrected chi connectivity index (χ0v) is 6.81. The van der Waals surface area contributed by atoms with Crippen LogP contribution in [0.15, 0.2) is 11.4 Å². The molecule has 0 aliphatic carbocycles. The summed E-state index contributed by atoms with van der Waals surface area (Å²) in [5.41, 5.74) is 0.136. The SMILES string of the molecule is CCOC(=O)c1ccsc1[O]. The fourth-order valence-corrected chi connectivity index (χ4v) is 1.26. The molecule has 1 heterocycles. The van der Waals surface area contributed by atoms with Crippen molar-refractivity contribution in [2.75, 3.05) is 6.61 Å². The minimum Gasteiger partial charge on any atom is -0.462 e. The first kappa shape index (κ1) is 8.07. The van der Waals surface area contributed by atoms with E-state index in [0.717, 1.165) is 11.3 Å². The van der Waals surface area contributed by atoms with Crippen molar-refractivity contribution in [2.24, 2.45) is 0 Å². The summed E-state index contributed by atoms with van der Waals surface area (Å²) in [5, 5.41) is 12.2. The molecule has 0 spiro atoms. The van der Waals surface area contributed by atoms with Crippen molar-refractivity contribution < 1.29 is 14.6 Å². The average molecular weight is 171 g/mol. The number of rotatable bonds is 2. The van der Waals surface area contributed by atoms with Gasteiger partial charge in [-0.05, 0) is 18.4 Å². The molecule has 1 radical (unpaired) electrons. The Labute approximate surface area is 68.2 Å². The summed E-state index contributed by atoms with van der Waals surface area (Å²) < 4.78 is 4.63. The summed E-state index contributed by atoms with van der Waals surface area (Å²) in [6, 6.07) is 1.48. The highest BCUT2D eigenvalue weighted by Crippen LogP contribution is 2.25. The molecular formula is C7H7O3S. The molecule has 0 aliphatic rings. The molecule has 1 aromatic heterocycles. The van der Waals surface area contributed by atoms with Crippen molar-refractivity contribution in [1.82, 2.24) is 0 Å². The van der Waals surface area contributed by atoms with Gasteiger partial charge >= 0.3 is 5.97 Å². The maximum Gasteiger partial charge on any atom is 0.343 e. The first-order chi connectivity index (χ1) is 5.25. The summed E-state index contributed by atoms with van der Waals surface area (Å²) in [7, 11) is 0. The van der Waals surface area contributed by atoms with E-state index in [9.17, 15) is 9.90 Å². The zero-order chi connectivity index (χ0) is 8.27. The molecule has 59 valence electrons. The third-order valence-corrected chi connectivity index (χ3v) is 1.83. The fraction of sp³-hybridized carbons (Fsp3) is 0.286. The van der Waals surface area contributed by atoms with Crippen LogP contribution in [0.3, 0.4) is 0 Å². The number of hydrogen-bond donors (Lipinski definition) is 0. The van der Waals surface area contributed by atoms with Crippen molar-refractivity contribution in [3.8, 4) is 5.06 Å². The van der Waals surface area contributed by atoms with Crippen molar-refractivity contribution in [1.29, 1.82) is 0 Å². The third kappa shape index (κ3) is 1.71. The molecule has 0 atom stereocenters. The van der Waals surface area contributed by atoms with Gasteiger partial charge < -0.3 is 4.74 Å². The molecule has 0 aromatic carbocycles. The number of carbonyl (C=O) groups is 1. The van der Waals surface area contributed by atoms with Crippen molar-refractivity contribution >= 4 is 17.3 Å². The highest BCUT2D eigenvalue weighted by Gasteiger charge is 2.13. The Kier molecular flexibility index (Phi) is 2.48. The van der Waals surface area contributed by atoms with Crippen LogP contribution in [0.1, 0.15) is 17.3 Å². The monoisotopic (exact) mass is 171 g/mol. The van der Waals surface area contributed by atoms with Gasteiger partial charge in [-0.15, -0.1) is 11.3 Å². The van der Waals surface area contributed by atoms with Crippen LogP contribution in [-0.4, -0.2) is 12.6 Å². The maximum absolute atomic E-state index is 10.9. The van der Waals surface area contributed by atoms with Gasteiger partial charge in [-0.2, -0.15) is 0 Å². The first-order valence-corrected chi connectivity index (χ1v) is 4.05. The van der Waals surface area contributed by atoms with E-state index < -0.39 is 5.97 Å². The van der Waals surface area contributed by atoms with E-state index >= 15 is 0 Å². The Hall–Kier alpha value is -1.03. The van der Waals surface area contributed by atoms with E-state index in [2.05, 4.69) is 4.74 Å². The number of thiophene rings is 1. The number of esters is 1. The second-order valence-electron chi connectivity index (χ2n) is 1.84. The highest BCUT2D eigenvalue weighted by molar-refractivity contribution is 7.12. The van der Waals surface area contributed by atoms with Gasteiger partial charge in [0.2, 0.25) is 5.06 Å². The zero-order valence-electron chi connectivity index (χ0n) is 5.99. The lowest BCUT2D eigenvalue weighted by Gasteiger charge is -1.96. The molecule has 0 N–H and O–H groups in total.